The molecule has 0 radical (unpaired) electrons. The minimum atomic E-state index is -2.01. The van der Waals surface area contributed by atoms with Crippen LogP contribution in [0.25, 0.3) is 0 Å². The minimum absolute atomic E-state index is 0.109. The standard InChI is InChI=1S/C21H34O4/c1-7-15(6)18(22)17-12-16(9-8-13(2)3)19(23)21(25,20(17)24)11-10-14(4)5/h8,12,14-16,18,22,25H,7,9-11H2,1-6H3/t15?,16?,18?,21-/m1/s1. The van der Waals surface area contributed by atoms with Gasteiger partial charge >= 0.3 is 0 Å². The van der Waals surface area contributed by atoms with Crippen LogP contribution in [0.1, 0.15) is 67.2 Å². The molecule has 0 saturated carbocycles. The summed E-state index contributed by atoms with van der Waals surface area (Å²) in [6.45, 7) is 11.7. The number of allylic oxidation sites excluding steroid dienone is 3. The van der Waals surface area contributed by atoms with Crippen LogP contribution in [0.2, 0.25) is 0 Å². The van der Waals surface area contributed by atoms with Gasteiger partial charge in [-0.15, -0.1) is 0 Å². The molecule has 0 aromatic rings. The summed E-state index contributed by atoms with van der Waals surface area (Å²) >= 11 is 0. The highest BCUT2D eigenvalue weighted by Gasteiger charge is 2.51. The number of Topliss-reactive ketones (excluding diaryl/α,β-unsaturated/α-hetero) is 2. The zero-order chi connectivity index (χ0) is 19.4. The van der Waals surface area contributed by atoms with Gasteiger partial charge in [-0.1, -0.05) is 51.8 Å². The first-order valence-electron chi connectivity index (χ1n) is 9.39. The van der Waals surface area contributed by atoms with Crippen LogP contribution in [0.5, 0.6) is 0 Å². The summed E-state index contributed by atoms with van der Waals surface area (Å²) in [7, 11) is 0. The molecule has 0 amide bonds. The largest absolute Gasteiger partial charge is 0.388 e. The highest BCUT2D eigenvalue weighted by atomic mass is 16.3. The average molecular weight is 350 g/mol. The molecule has 0 aromatic heterocycles. The zero-order valence-corrected chi connectivity index (χ0v) is 16.5. The Morgan fingerprint density at radius 1 is 1.28 bits per heavy atom. The second kappa shape index (κ2) is 8.91. The lowest BCUT2D eigenvalue weighted by molar-refractivity contribution is -0.153. The summed E-state index contributed by atoms with van der Waals surface area (Å²) in [6, 6.07) is 0. The summed E-state index contributed by atoms with van der Waals surface area (Å²) < 4.78 is 0. The predicted octanol–water partition coefficient (Wildman–Crippen LogP) is 3.61. The molecule has 142 valence electrons. The summed E-state index contributed by atoms with van der Waals surface area (Å²) in [6.07, 6.45) is 4.41. The molecular formula is C21H34O4. The van der Waals surface area contributed by atoms with Crippen molar-refractivity contribution in [3.05, 3.63) is 23.3 Å². The van der Waals surface area contributed by atoms with Crippen LogP contribution in [0, 0.1) is 17.8 Å². The van der Waals surface area contributed by atoms with Gasteiger partial charge in [-0.05, 0) is 44.9 Å². The summed E-state index contributed by atoms with van der Waals surface area (Å²) in [5.41, 5.74) is -0.733. The molecule has 0 heterocycles. The van der Waals surface area contributed by atoms with Crippen molar-refractivity contribution in [3.63, 3.8) is 0 Å². The minimum Gasteiger partial charge on any atom is -0.388 e. The van der Waals surface area contributed by atoms with E-state index in [1.165, 1.54) is 0 Å². The van der Waals surface area contributed by atoms with Crippen molar-refractivity contribution in [2.75, 3.05) is 0 Å². The molecule has 25 heavy (non-hydrogen) atoms. The number of carbonyl (C=O) groups excluding carboxylic acids is 2. The Hall–Kier alpha value is -1.26. The fourth-order valence-electron chi connectivity index (χ4n) is 3.06. The smallest absolute Gasteiger partial charge is 0.200 e. The topological polar surface area (TPSA) is 74.6 Å². The first kappa shape index (κ1) is 21.8. The molecule has 1 aliphatic carbocycles. The van der Waals surface area contributed by atoms with Crippen LogP contribution in [-0.4, -0.2) is 33.5 Å². The highest BCUT2D eigenvalue weighted by Crippen LogP contribution is 2.35. The van der Waals surface area contributed by atoms with E-state index in [4.69, 9.17) is 0 Å². The molecule has 2 N–H and O–H groups in total. The Kier molecular flexibility index (Phi) is 7.76. The molecule has 0 bridgehead atoms. The molecule has 0 aliphatic heterocycles. The summed E-state index contributed by atoms with van der Waals surface area (Å²) in [5.74, 6) is -1.45. The van der Waals surface area contributed by atoms with E-state index in [1.807, 2.05) is 47.6 Å². The van der Waals surface area contributed by atoms with E-state index in [9.17, 15) is 19.8 Å². The van der Waals surface area contributed by atoms with Crippen molar-refractivity contribution in [2.24, 2.45) is 17.8 Å². The normalized spacial score (nSPS) is 26.4. The quantitative estimate of drug-likeness (QED) is 0.518. The van der Waals surface area contributed by atoms with Crippen LogP contribution in [-0.2, 0) is 9.59 Å². The molecule has 0 spiro atoms. The van der Waals surface area contributed by atoms with Gasteiger partial charge in [0, 0.05) is 11.5 Å². The van der Waals surface area contributed by atoms with Crippen LogP contribution in [0.15, 0.2) is 23.3 Å². The van der Waals surface area contributed by atoms with Gasteiger partial charge in [0.2, 0.25) is 0 Å². The van der Waals surface area contributed by atoms with Crippen LogP contribution < -0.4 is 0 Å². The lowest BCUT2D eigenvalue weighted by Crippen LogP contribution is -2.54. The third-order valence-electron chi connectivity index (χ3n) is 5.13. The maximum Gasteiger partial charge on any atom is 0.200 e. The van der Waals surface area contributed by atoms with Crippen molar-refractivity contribution >= 4 is 11.6 Å². The monoisotopic (exact) mass is 350 g/mol. The Morgan fingerprint density at radius 3 is 2.36 bits per heavy atom. The first-order chi connectivity index (χ1) is 11.5. The van der Waals surface area contributed by atoms with Gasteiger partial charge in [-0.3, -0.25) is 9.59 Å². The SMILES string of the molecule is CCC(C)C(O)C1=CC(CC=C(C)C)C(=O)[C@](O)(CCC(C)C)C1=O. The van der Waals surface area contributed by atoms with Crippen molar-refractivity contribution in [2.45, 2.75) is 78.9 Å². The zero-order valence-electron chi connectivity index (χ0n) is 16.5. The molecule has 0 saturated heterocycles. The Balaban J connectivity index is 3.29. The third kappa shape index (κ3) is 5.11. The number of rotatable bonds is 8. The van der Waals surface area contributed by atoms with Gasteiger partial charge in [-0.25, -0.2) is 0 Å². The van der Waals surface area contributed by atoms with E-state index in [1.54, 1.807) is 6.08 Å². The molecule has 4 atom stereocenters. The molecule has 3 unspecified atom stereocenters. The number of aliphatic hydroxyl groups is 2. The number of ketones is 2. The fraction of sp³-hybridized carbons (Fsp3) is 0.714. The lowest BCUT2D eigenvalue weighted by Gasteiger charge is -2.36. The van der Waals surface area contributed by atoms with Gasteiger partial charge in [-0.2, -0.15) is 0 Å². The van der Waals surface area contributed by atoms with Crippen molar-refractivity contribution < 1.29 is 19.8 Å². The number of hydrogen-bond donors (Lipinski definition) is 2. The Bertz CT molecular complexity index is 554. The lowest BCUT2D eigenvalue weighted by atomic mass is 9.70. The van der Waals surface area contributed by atoms with E-state index in [0.717, 1.165) is 5.57 Å². The van der Waals surface area contributed by atoms with E-state index in [2.05, 4.69) is 0 Å². The van der Waals surface area contributed by atoms with Gasteiger partial charge < -0.3 is 10.2 Å². The molecule has 0 fully saturated rings. The molecule has 1 aliphatic rings. The number of carbonyl (C=O) groups is 2. The maximum atomic E-state index is 12.9. The van der Waals surface area contributed by atoms with Gasteiger partial charge in [0.25, 0.3) is 0 Å². The summed E-state index contributed by atoms with van der Waals surface area (Å²) in [4.78, 5) is 25.8. The van der Waals surface area contributed by atoms with Crippen LogP contribution in [0.4, 0.5) is 0 Å². The van der Waals surface area contributed by atoms with Crippen molar-refractivity contribution in [3.8, 4) is 0 Å². The summed E-state index contributed by atoms with van der Waals surface area (Å²) in [5, 5.41) is 21.6. The fourth-order valence-corrected chi connectivity index (χ4v) is 3.06. The van der Waals surface area contributed by atoms with Crippen molar-refractivity contribution in [1.29, 1.82) is 0 Å². The Morgan fingerprint density at radius 2 is 1.88 bits per heavy atom. The first-order valence-corrected chi connectivity index (χ1v) is 9.39. The average Bonchev–Trinajstić information content (AvgIpc) is 2.56. The molecule has 4 heteroatoms. The van der Waals surface area contributed by atoms with E-state index < -0.39 is 29.2 Å². The highest BCUT2D eigenvalue weighted by molar-refractivity contribution is 6.20. The van der Waals surface area contributed by atoms with Crippen molar-refractivity contribution in [1.82, 2.24) is 0 Å². The van der Waals surface area contributed by atoms with E-state index in [-0.39, 0.29) is 23.8 Å². The van der Waals surface area contributed by atoms with Crippen LogP contribution in [0.3, 0.4) is 0 Å². The number of aliphatic hydroxyl groups excluding tert-OH is 1. The van der Waals surface area contributed by atoms with E-state index >= 15 is 0 Å². The molecular weight excluding hydrogens is 316 g/mol. The van der Waals surface area contributed by atoms with Gasteiger partial charge in [0.1, 0.15) is 0 Å². The Labute approximate surface area is 152 Å². The molecule has 1 rings (SSSR count). The maximum absolute atomic E-state index is 12.9. The third-order valence-corrected chi connectivity index (χ3v) is 5.13. The molecule has 0 aromatic carbocycles. The second-order valence-corrected chi connectivity index (χ2v) is 8.06. The second-order valence-electron chi connectivity index (χ2n) is 8.06. The van der Waals surface area contributed by atoms with E-state index in [0.29, 0.717) is 19.3 Å². The number of hydrogen-bond acceptors (Lipinski definition) is 4. The van der Waals surface area contributed by atoms with Crippen LogP contribution >= 0.6 is 0 Å². The molecule has 4 nitrogen and oxygen atoms in total. The van der Waals surface area contributed by atoms with Gasteiger partial charge in [0.15, 0.2) is 17.2 Å². The predicted molar refractivity (Wildman–Crippen MR) is 100 cm³/mol. The van der Waals surface area contributed by atoms with Gasteiger partial charge in [0.05, 0.1) is 6.10 Å².